The monoisotopic (exact) mass is 798 g/mol. The Kier molecular flexibility index (Phi) is 11.6. The number of Topliss-reactive ketones (excluding diaryl/α,β-unsaturated/α-hetero) is 2. The van der Waals surface area contributed by atoms with Gasteiger partial charge in [-0.2, -0.15) is 0 Å². The minimum Gasteiger partial charge on any atom is -0.496 e. The first-order valence-electron chi connectivity index (χ1n) is 17.8. The lowest BCUT2D eigenvalue weighted by Crippen LogP contribution is -2.06. The van der Waals surface area contributed by atoms with Gasteiger partial charge in [0.15, 0.2) is 11.6 Å². The number of ketones is 2. The van der Waals surface area contributed by atoms with Crippen molar-refractivity contribution in [2.24, 2.45) is 0 Å². The largest absolute Gasteiger partial charge is 0.496 e. The van der Waals surface area contributed by atoms with Crippen LogP contribution in [0.15, 0.2) is 48.5 Å². The summed E-state index contributed by atoms with van der Waals surface area (Å²) in [6.07, 6.45) is -0.0564. The predicted molar refractivity (Wildman–Crippen MR) is 229 cm³/mol. The molecule has 0 atom stereocenters. The number of benzene rings is 2. The highest BCUT2D eigenvalue weighted by Gasteiger charge is 2.28. The van der Waals surface area contributed by atoms with Gasteiger partial charge in [0.1, 0.15) is 23.0 Å². The molecule has 10 heteroatoms. The van der Waals surface area contributed by atoms with Crippen LogP contribution < -0.4 is 18.9 Å². The normalized spacial score (nSPS) is 11.4. The maximum absolute atomic E-state index is 13.2. The number of hydrogen-bond acceptors (Lipinski definition) is 10. The molecule has 0 amide bonds. The lowest BCUT2D eigenvalue weighted by Gasteiger charge is -2.16. The van der Waals surface area contributed by atoms with Crippen LogP contribution in [-0.4, -0.2) is 38.0 Å². The number of ether oxygens (including phenoxy) is 4. The van der Waals surface area contributed by atoms with Gasteiger partial charge >= 0.3 is 0 Å². The zero-order valence-corrected chi connectivity index (χ0v) is 36.1. The Labute approximate surface area is 334 Å². The minimum atomic E-state index is -0.0282. The third kappa shape index (κ3) is 7.29. The standard InChI is InChI=1S/C44H46O6S4/c1-21(2)49-33-17-13-15-31(47-11)37(33)35-19-29(27(9)45)43(51-35)41-25(7)23(5)39(53-41)40-24(6)26(8)42(54-40)44-30(28(10)46)20-36(52-44)38-32(48-12)16-14-18-34(38)50-22(3)4/h13-22H,1-12H3. The number of carbonyl (C=O) groups is 2. The van der Waals surface area contributed by atoms with Crippen molar-refractivity contribution in [1.82, 2.24) is 0 Å². The van der Waals surface area contributed by atoms with Crippen molar-refractivity contribution in [3.05, 3.63) is 81.9 Å². The van der Waals surface area contributed by atoms with E-state index >= 15 is 0 Å². The van der Waals surface area contributed by atoms with Crippen molar-refractivity contribution in [2.45, 2.75) is 81.4 Å². The molecule has 0 N–H and O–H groups in total. The zero-order chi connectivity index (χ0) is 39.2. The summed E-state index contributed by atoms with van der Waals surface area (Å²) >= 11 is 6.64. The maximum Gasteiger partial charge on any atom is 0.161 e. The molecule has 0 saturated carbocycles. The van der Waals surface area contributed by atoms with Crippen LogP contribution in [0, 0.1) is 27.7 Å². The van der Waals surface area contributed by atoms with E-state index in [9.17, 15) is 9.59 Å². The second kappa shape index (κ2) is 15.9. The first-order chi connectivity index (χ1) is 25.7. The van der Waals surface area contributed by atoms with E-state index in [0.29, 0.717) is 22.6 Å². The van der Waals surface area contributed by atoms with Crippen LogP contribution in [0.4, 0.5) is 0 Å². The summed E-state index contributed by atoms with van der Waals surface area (Å²) in [5.74, 6) is 2.86. The molecule has 54 heavy (non-hydrogen) atoms. The fourth-order valence-corrected chi connectivity index (χ4v) is 12.3. The molecular formula is C44H46O6S4. The molecule has 0 aliphatic heterocycles. The Bertz CT molecular complexity index is 2220. The number of methoxy groups -OCH3 is 2. The summed E-state index contributed by atoms with van der Waals surface area (Å²) in [4.78, 5) is 34.7. The molecule has 0 unspecified atom stereocenters. The molecule has 0 spiro atoms. The van der Waals surface area contributed by atoms with E-state index in [4.69, 9.17) is 18.9 Å². The van der Waals surface area contributed by atoms with Crippen LogP contribution in [0.5, 0.6) is 23.0 Å². The van der Waals surface area contributed by atoms with Crippen molar-refractivity contribution >= 4 is 56.9 Å². The van der Waals surface area contributed by atoms with Gasteiger partial charge in [-0.3, -0.25) is 9.59 Å². The van der Waals surface area contributed by atoms with Crippen molar-refractivity contribution in [1.29, 1.82) is 0 Å². The fraction of sp³-hybridized carbons (Fsp3) is 0.318. The molecule has 0 saturated heterocycles. The average molecular weight is 799 g/mol. The van der Waals surface area contributed by atoms with Crippen molar-refractivity contribution in [3.63, 3.8) is 0 Å². The van der Waals surface area contributed by atoms with Crippen LogP contribution in [0.25, 0.3) is 50.1 Å². The maximum atomic E-state index is 13.2. The van der Waals surface area contributed by atoms with Crippen LogP contribution >= 0.6 is 45.3 Å². The molecule has 6 rings (SSSR count). The van der Waals surface area contributed by atoms with Crippen molar-refractivity contribution in [3.8, 4) is 73.1 Å². The van der Waals surface area contributed by atoms with Crippen molar-refractivity contribution in [2.75, 3.05) is 14.2 Å². The van der Waals surface area contributed by atoms with Gasteiger partial charge in [-0.05, 0) is 128 Å². The van der Waals surface area contributed by atoms with Crippen LogP contribution in [0.3, 0.4) is 0 Å². The predicted octanol–water partition coefficient (Wildman–Crippen LogP) is 13.5. The summed E-state index contributed by atoms with van der Waals surface area (Å²) in [6.45, 7) is 19.9. The summed E-state index contributed by atoms with van der Waals surface area (Å²) < 4.78 is 24.0. The topological polar surface area (TPSA) is 71.1 Å². The SMILES string of the molecule is COc1cccc(OC(C)C)c1-c1cc(C(C)=O)c(-c2sc(-c3sc(-c4sc(-c5c(OC)cccc5OC(C)C)cc4C(C)=O)c(C)c3C)c(C)c2C)s1. The highest BCUT2D eigenvalue weighted by Crippen LogP contribution is 2.54. The molecule has 0 radical (unpaired) electrons. The zero-order valence-electron chi connectivity index (χ0n) is 32.9. The molecule has 0 bridgehead atoms. The number of carbonyl (C=O) groups excluding carboxylic acids is 2. The summed E-state index contributed by atoms with van der Waals surface area (Å²) in [6, 6.07) is 15.6. The van der Waals surface area contributed by atoms with Gasteiger partial charge in [-0.25, -0.2) is 0 Å². The first kappa shape index (κ1) is 39.5. The van der Waals surface area contributed by atoms with Gasteiger partial charge in [-0.1, -0.05) is 12.1 Å². The molecular weight excluding hydrogens is 753 g/mol. The van der Waals surface area contributed by atoms with Gasteiger partial charge in [0.25, 0.3) is 0 Å². The lowest BCUT2D eigenvalue weighted by molar-refractivity contribution is 0.101. The highest BCUT2D eigenvalue weighted by molar-refractivity contribution is 7.30. The van der Waals surface area contributed by atoms with Crippen molar-refractivity contribution < 1.29 is 28.5 Å². The number of hydrogen-bond donors (Lipinski definition) is 0. The summed E-state index contributed by atoms with van der Waals surface area (Å²) in [7, 11) is 3.31. The lowest BCUT2D eigenvalue weighted by atomic mass is 10.0. The Morgan fingerprint density at radius 2 is 0.815 bits per heavy atom. The number of thiophene rings is 4. The van der Waals surface area contributed by atoms with Gasteiger partial charge in [0.2, 0.25) is 0 Å². The third-order valence-corrected chi connectivity index (χ3v) is 15.0. The molecule has 282 valence electrons. The highest BCUT2D eigenvalue weighted by atomic mass is 32.1. The van der Waals surface area contributed by atoms with Crippen LogP contribution in [-0.2, 0) is 0 Å². The van der Waals surface area contributed by atoms with Gasteiger partial charge in [0.05, 0.1) is 47.3 Å². The summed E-state index contributed by atoms with van der Waals surface area (Å²) in [5, 5.41) is 0. The fourth-order valence-electron chi connectivity index (χ4n) is 6.50. The Hall–Kier alpha value is -4.22. The molecule has 4 heterocycles. The first-order valence-corrected chi connectivity index (χ1v) is 21.1. The minimum absolute atomic E-state index is 0.00780. The van der Waals surface area contributed by atoms with E-state index in [0.717, 1.165) is 63.0 Å². The average Bonchev–Trinajstić information content (AvgIpc) is 3.89. The van der Waals surface area contributed by atoms with Gasteiger partial charge in [0, 0.05) is 40.4 Å². The Morgan fingerprint density at radius 1 is 0.500 bits per heavy atom. The molecule has 0 aliphatic rings. The second-order valence-corrected chi connectivity index (χ2v) is 18.0. The van der Waals surface area contributed by atoms with E-state index in [1.807, 2.05) is 76.2 Å². The summed E-state index contributed by atoms with van der Waals surface area (Å²) in [5.41, 5.74) is 7.71. The van der Waals surface area contributed by atoms with Gasteiger partial charge < -0.3 is 18.9 Å². The molecule has 4 aromatic heterocycles. The number of rotatable bonds is 13. The molecule has 6 aromatic rings. The van der Waals surface area contributed by atoms with E-state index in [1.54, 1.807) is 73.4 Å². The van der Waals surface area contributed by atoms with Crippen LogP contribution in [0.2, 0.25) is 0 Å². The van der Waals surface area contributed by atoms with E-state index in [2.05, 4.69) is 27.7 Å². The smallest absolute Gasteiger partial charge is 0.161 e. The van der Waals surface area contributed by atoms with Gasteiger partial charge in [-0.15, -0.1) is 45.3 Å². The van der Waals surface area contributed by atoms with Crippen LogP contribution in [0.1, 0.15) is 84.5 Å². The molecule has 0 aliphatic carbocycles. The quantitative estimate of drug-likeness (QED) is 0.108. The second-order valence-electron chi connectivity index (χ2n) is 13.8. The van der Waals surface area contributed by atoms with E-state index in [1.165, 1.54) is 20.9 Å². The molecule has 6 nitrogen and oxygen atoms in total. The van der Waals surface area contributed by atoms with E-state index in [-0.39, 0.29) is 23.8 Å². The molecule has 0 fully saturated rings. The third-order valence-electron chi connectivity index (χ3n) is 9.37. The Balaban J connectivity index is 1.49. The Morgan fingerprint density at radius 3 is 1.11 bits per heavy atom. The van der Waals surface area contributed by atoms with E-state index < -0.39 is 0 Å². The molecule has 2 aromatic carbocycles.